The zero-order valence-corrected chi connectivity index (χ0v) is 19.0. The average molecular weight is 425 g/mol. The zero-order valence-electron chi connectivity index (χ0n) is 19.0. The predicted molar refractivity (Wildman–Crippen MR) is 123 cm³/mol. The second kappa shape index (κ2) is 8.81. The van der Waals surface area contributed by atoms with Crippen LogP contribution >= 0.6 is 0 Å². The molecular weight excluding hydrogens is 388 g/mol. The van der Waals surface area contributed by atoms with Crippen LogP contribution in [-0.2, 0) is 9.53 Å². The topological polar surface area (TPSA) is 50.6 Å². The molecule has 1 aliphatic carbocycles. The molecule has 31 heavy (non-hydrogen) atoms. The minimum absolute atomic E-state index is 0.126. The standard InChI is InChI=1S/C25H36N4O2/c1-18-16-28(17-19(2)31-18)24(30)20-12-14-27(15-13-20)25-26-22-10-6-7-11-23(22)29(25)21-8-4-3-5-9-21/h6-7,10-11,18-21H,3-5,8-9,12-17H2,1-2H3. The molecule has 1 amide bonds. The lowest BCUT2D eigenvalue weighted by molar-refractivity contribution is -0.148. The van der Waals surface area contributed by atoms with Gasteiger partial charge in [-0.15, -0.1) is 0 Å². The number of amides is 1. The largest absolute Gasteiger partial charge is 0.372 e. The van der Waals surface area contributed by atoms with E-state index in [0.29, 0.717) is 11.9 Å². The molecule has 6 nitrogen and oxygen atoms in total. The average Bonchev–Trinajstić information content (AvgIpc) is 3.18. The number of rotatable bonds is 3. The lowest BCUT2D eigenvalue weighted by Gasteiger charge is -2.39. The molecule has 2 unspecified atom stereocenters. The predicted octanol–water partition coefficient (Wildman–Crippen LogP) is 4.39. The molecule has 0 spiro atoms. The van der Waals surface area contributed by atoms with Crippen molar-refractivity contribution in [2.24, 2.45) is 5.92 Å². The van der Waals surface area contributed by atoms with E-state index in [0.717, 1.165) is 50.5 Å². The van der Waals surface area contributed by atoms with Gasteiger partial charge in [0.2, 0.25) is 11.9 Å². The summed E-state index contributed by atoms with van der Waals surface area (Å²) in [6, 6.07) is 9.11. The van der Waals surface area contributed by atoms with E-state index in [1.54, 1.807) is 0 Å². The van der Waals surface area contributed by atoms with Gasteiger partial charge in [0.25, 0.3) is 0 Å². The van der Waals surface area contributed by atoms with Crippen LogP contribution in [0.5, 0.6) is 0 Å². The fraction of sp³-hybridized carbons (Fsp3) is 0.680. The molecule has 2 atom stereocenters. The maximum absolute atomic E-state index is 13.2. The molecule has 5 rings (SSSR count). The highest BCUT2D eigenvalue weighted by atomic mass is 16.5. The van der Waals surface area contributed by atoms with Crippen molar-refractivity contribution in [1.29, 1.82) is 0 Å². The first-order valence-electron chi connectivity index (χ1n) is 12.3. The number of fused-ring (bicyclic) bond motifs is 1. The van der Waals surface area contributed by atoms with E-state index in [1.165, 1.54) is 37.6 Å². The second-order valence-electron chi connectivity index (χ2n) is 9.82. The van der Waals surface area contributed by atoms with Gasteiger partial charge in [-0.25, -0.2) is 4.98 Å². The fourth-order valence-electron chi connectivity index (χ4n) is 5.90. The molecule has 0 bridgehead atoms. The van der Waals surface area contributed by atoms with Gasteiger partial charge in [0.15, 0.2) is 0 Å². The van der Waals surface area contributed by atoms with Crippen LogP contribution in [0.3, 0.4) is 0 Å². The van der Waals surface area contributed by atoms with E-state index < -0.39 is 0 Å². The smallest absolute Gasteiger partial charge is 0.225 e. The molecule has 0 radical (unpaired) electrons. The first-order chi connectivity index (χ1) is 15.1. The quantitative estimate of drug-likeness (QED) is 0.733. The van der Waals surface area contributed by atoms with E-state index >= 15 is 0 Å². The van der Waals surface area contributed by atoms with Gasteiger partial charge in [0.1, 0.15) is 0 Å². The lowest BCUT2D eigenvalue weighted by atomic mass is 9.94. The van der Waals surface area contributed by atoms with Gasteiger partial charge >= 0.3 is 0 Å². The van der Waals surface area contributed by atoms with Crippen molar-refractivity contribution in [2.45, 2.75) is 77.0 Å². The van der Waals surface area contributed by atoms with E-state index in [2.05, 4.69) is 47.6 Å². The van der Waals surface area contributed by atoms with Crippen molar-refractivity contribution in [3.05, 3.63) is 24.3 Å². The molecule has 3 fully saturated rings. The van der Waals surface area contributed by atoms with Crippen LogP contribution in [0.25, 0.3) is 11.0 Å². The van der Waals surface area contributed by atoms with E-state index in [-0.39, 0.29) is 18.1 Å². The molecule has 168 valence electrons. The Labute approximate surface area is 185 Å². The number of hydrogen-bond donors (Lipinski definition) is 0. The van der Waals surface area contributed by atoms with Crippen LogP contribution < -0.4 is 4.90 Å². The SMILES string of the molecule is CC1CN(C(=O)C2CCN(c3nc4ccccc4n3C3CCCCC3)CC2)CC(C)O1. The van der Waals surface area contributed by atoms with Crippen molar-refractivity contribution < 1.29 is 9.53 Å². The number of benzene rings is 1. The molecule has 2 aromatic rings. The van der Waals surface area contributed by atoms with Gasteiger partial charge in [0.05, 0.1) is 23.2 Å². The van der Waals surface area contributed by atoms with Crippen molar-refractivity contribution in [1.82, 2.24) is 14.5 Å². The number of carbonyl (C=O) groups excluding carboxylic acids is 1. The Hall–Kier alpha value is -2.08. The number of para-hydroxylation sites is 2. The highest BCUT2D eigenvalue weighted by Gasteiger charge is 2.34. The summed E-state index contributed by atoms with van der Waals surface area (Å²) in [5.74, 6) is 1.57. The molecule has 3 heterocycles. The van der Waals surface area contributed by atoms with Crippen LogP contribution in [0, 0.1) is 5.92 Å². The van der Waals surface area contributed by atoms with Gasteiger partial charge in [-0.3, -0.25) is 4.79 Å². The van der Waals surface area contributed by atoms with Crippen LogP contribution in [0.4, 0.5) is 5.95 Å². The molecular formula is C25H36N4O2. The Kier molecular flexibility index (Phi) is 5.91. The number of ether oxygens (including phenoxy) is 1. The molecule has 1 aromatic heterocycles. The third kappa shape index (κ3) is 4.19. The monoisotopic (exact) mass is 424 g/mol. The minimum atomic E-state index is 0.126. The number of anilines is 1. The minimum Gasteiger partial charge on any atom is -0.372 e. The summed E-state index contributed by atoms with van der Waals surface area (Å²) in [6.07, 6.45) is 8.54. The number of nitrogens with zero attached hydrogens (tertiary/aromatic N) is 4. The van der Waals surface area contributed by atoms with E-state index in [4.69, 9.17) is 9.72 Å². The van der Waals surface area contributed by atoms with Crippen LogP contribution in [0.15, 0.2) is 24.3 Å². The summed E-state index contributed by atoms with van der Waals surface area (Å²) >= 11 is 0. The molecule has 2 aliphatic heterocycles. The van der Waals surface area contributed by atoms with Gasteiger partial charge in [-0.1, -0.05) is 31.4 Å². The highest BCUT2D eigenvalue weighted by Crippen LogP contribution is 2.36. The molecule has 3 aliphatic rings. The van der Waals surface area contributed by atoms with Gasteiger partial charge in [-0.05, 0) is 51.7 Å². The number of piperidine rings is 1. The second-order valence-corrected chi connectivity index (χ2v) is 9.82. The van der Waals surface area contributed by atoms with Gasteiger partial charge < -0.3 is 19.1 Å². The van der Waals surface area contributed by atoms with Crippen molar-refractivity contribution in [2.75, 3.05) is 31.1 Å². The molecule has 1 saturated carbocycles. The first kappa shape index (κ1) is 20.8. The Morgan fingerprint density at radius 2 is 1.65 bits per heavy atom. The van der Waals surface area contributed by atoms with Gasteiger partial charge in [-0.2, -0.15) is 0 Å². The van der Waals surface area contributed by atoms with Crippen LogP contribution in [0.1, 0.15) is 64.8 Å². The lowest BCUT2D eigenvalue weighted by Crippen LogP contribution is -2.51. The maximum atomic E-state index is 13.2. The van der Waals surface area contributed by atoms with Gasteiger partial charge in [0, 0.05) is 38.1 Å². The Balaban J connectivity index is 1.32. The van der Waals surface area contributed by atoms with Crippen molar-refractivity contribution in [3.63, 3.8) is 0 Å². The summed E-state index contributed by atoms with van der Waals surface area (Å²) in [4.78, 5) is 22.7. The normalized spacial score (nSPS) is 26.5. The van der Waals surface area contributed by atoms with Crippen LogP contribution in [0.2, 0.25) is 0 Å². The number of aromatic nitrogens is 2. The van der Waals surface area contributed by atoms with E-state index in [9.17, 15) is 4.79 Å². The van der Waals surface area contributed by atoms with E-state index in [1.807, 2.05) is 4.90 Å². The summed E-state index contributed by atoms with van der Waals surface area (Å²) in [7, 11) is 0. The third-order valence-corrected chi connectivity index (χ3v) is 7.38. The number of imidazole rings is 1. The van der Waals surface area contributed by atoms with Crippen molar-refractivity contribution >= 4 is 22.9 Å². The van der Waals surface area contributed by atoms with Crippen molar-refractivity contribution in [3.8, 4) is 0 Å². The first-order valence-corrected chi connectivity index (χ1v) is 12.3. The fourth-order valence-corrected chi connectivity index (χ4v) is 5.90. The summed E-state index contributed by atoms with van der Waals surface area (Å²) in [6.45, 7) is 7.38. The number of carbonyl (C=O) groups is 1. The Bertz CT molecular complexity index is 901. The Morgan fingerprint density at radius 3 is 2.35 bits per heavy atom. The maximum Gasteiger partial charge on any atom is 0.225 e. The summed E-state index contributed by atoms with van der Waals surface area (Å²) in [5.41, 5.74) is 2.36. The van der Waals surface area contributed by atoms with Crippen LogP contribution in [-0.4, -0.2) is 58.7 Å². The summed E-state index contributed by atoms with van der Waals surface area (Å²) < 4.78 is 8.33. The molecule has 0 N–H and O–H groups in total. The summed E-state index contributed by atoms with van der Waals surface area (Å²) in [5, 5.41) is 0. The zero-order chi connectivity index (χ0) is 21.4. The number of morpholine rings is 1. The highest BCUT2D eigenvalue weighted by molar-refractivity contribution is 5.80. The molecule has 6 heteroatoms. The molecule has 2 saturated heterocycles. The Morgan fingerprint density at radius 1 is 0.968 bits per heavy atom. The third-order valence-electron chi connectivity index (χ3n) is 7.38. The number of hydrogen-bond acceptors (Lipinski definition) is 4. The molecule has 1 aromatic carbocycles.